The fourth-order valence-corrected chi connectivity index (χ4v) is 3.64. The maximum atomic E-state index is 12.3. The summed E-state index contributed by atoms with van der Waals surface area (Å²) in [5, 5.41) is 12.4. The van der Waals surface area contributed by atoms with E-state index in [1.165, 1.54) is 17.3 Å². The normalized spacial score (nSPS) is 12.0. The van der Waals surface area contributed by atoms with Crippen molar-refractivity contribution in [3.63, 3.8) is 0 Å². The fourth-order valence-electron chi connectivity index (χ4n) is 2.83. The van der Waals surface area contributed by atoms with Crippen LogP contribution in [-0.2, 0) is 11.3 Å². The first-order chi connectivity index (χ1) is 13.1. The predicted molar refractivity (Wildman–Crippen MR) is 107 cm³/mol. The van der Waals surface area contributed by atoms with Crippen LogP contribution in [-0.4, -0.2) is 31.4 Å². The molecular weight excluding hydrogens is 358 g/mol. The van der Waals surface area contributed by atoms with Gasteiger partial charge in [0.15, 0.2) is 11.0 Å². The number of carbonyl (C=O) groups excluding carboxylic acids is 1. The lowest BCUT2D eigenvalue weighted by molar-refractivity contribution is -0.119. The van der Waals surface area contributed by atoms with E-state index in [2.05, 4.69) is 46.5 Å². The van der Waals surface area contributed by atoms with Crippen LogP contribution in [0.25, 0.3) is 11.4 Å². The van der Waals surface area contributed by atoms with Crippen LogP contribution in [0.2, 0.25) is 0 Å². The van der Waals surface area contributed by atoms with Gasteiger partial charge in [-0.15, -0.1) is 10.2 Å². The molecule has 140 valence electrons. The Bertz CT molecular complexity index is 910. The van der Waals surface area contributed by atoms with E-state index in [-0.39, 0.29) is 11.9 Å². The summed E-state index contributed by atoms with van der Waals surface area (Å²) in [6.45, 7) is 6.81. The summed E-state index contributed by atoms with van der Waals surface area (Å²) in [7, 11) is 0. The Balaban J connectivity index is 1.65. The fraction of sp³-hybridized carbons (Fsp3) is 0.300. The van der Waals surface area contributed by atoms with Gasteiger partial charge in [0.1, 0.15) is 0 Å². The van der Waals surface area contributed by atoms with Gasteiger partial charge >= 0.3 is 0 Å². The Morgan fingerprint density at radius 1 is 1.22 bits per heavy atom. The van der Waals surface area contributed by atoms with Gasteiger partial charge < -0.3 is 9.88 Å². The Labute approximate surface area is 163 Å². The smallest absolute Gasteiger partial charge is 0.230 e. The second kappa shape index (κ2) is 8.81. The van der Waals surface area contributed by atoms with Gasteiger partial charge in [0, 0.05) is 24.5 Å². The second-order valence-electron chi connectivity index (χ2n) is 6.28. The van der Waals surface area contributed by atoms with Gasteiger partial charge in [-0.25, -0.2) is 0 Å². The predicted octanol–water partition coefficient (Wildman–Crippen LogP) is 3.64. The molecule has 2 heterocycles. The highest BCUT2D eigenvalue weighted by molar-refractivity contribution is 7.99. The average Bonchev–Trinajstić information content (AvgIpc) is 3.10. The van der Waals surface area contributed by atoms with Gasteiger partial charge in [0.05, 0.1) is 11.8 Å². The van der Waals surface area contributed by atoms with Gasteiger partial charge in [-0.05, 0) is 44.5 Å². The molecule has 1 amide bonds. The zero-order chi connectivity index (χ0) is 19.2. The molecule has 0 saturated carbocycles. The van der Waals surface area contributed by atoms with Gasteiger partial charge in [0.2, 0.25) is 5.91 Å². The standard InChI is InChI=1S/C20H23N5OS/c1-4-25-19(17-7-5-6-14(2)12-17)23-24-20(25)27-13-18(26)22-15(3)16-8-10-21-11-9-16/h5-12,15H,4,13H2,1-3H3,(H,22,26). The van der Waals surface area contributed by atoms with Gasteiger partial charge in [-0.1, -0.05) is 35.5 Å². The molecule has 27 heavy (non-hydrogen) atoms. The van der Waals surface area contributed by atoms with Crippen molar-refractivity contribution in [1.82, 2.24) is 25.1 Å². The van der Waals surface area contributed by atoms with E-state index in [0.29, 0.717) is 5.75 Å². The third kappa shape index (κ3) is 4.74. The van der Waals surface area contributed by atoms with Gasteiger partial charge in [-0.2, -0.15) is 0 Å². The van der Waals surface area contributed by atoms with Crippen molar-refractivity contribution < 1.29 is 4.79 Å². The second-order valence-corrected chi connectivity index (χ2v) is 7.22. The molecule has 0 saturated heterocycles. The first kappa shape index (κ1) is 19.1. The highest BCUT2D eigenvalue weighted by Crippen LogP contribution is 2.24. The van der Waals surface area contributed by atoms with E-state index >= 15 is 0 Å². The van der Waals surface area contributed by atoms with Crippen molar-refractivity contribution in [2.75, 3.05) is 5.75 Å². The van der Waals surface area contributed by atoms with Crippen molar-refractivity contribution in [3.05, 3.63) is 59.9 Å². The summed E-state index contributed by atoms with van der Waals surface area (Å²) >= 11 is 1.40. The van der Waals surface area contributed by atoms with E-state index in [4.69, 9.17) is 0 Å². The monoisotopic (exact) mass is 381 g/mol. The Hall–Kier alpha value is -2.67. The zero-order valence-corrected chi connectivity index (χ0v) is 16.5. The number of pyridine rings is 1. The molecule has 6 nitrogen and oxygen atoms in total. The number of nitrogens with zero attached hydrogens (tertiary/aromatic N) is 4. The first-order valence-corrected chi connectivity index (χ1v) is 9.89. The highest BCUT2D eigenvalue weighted by Gasteiger charge is 2.16. The summed E-state index contributed by atoms with van der Waals surface area (Å²) in [5.74, 6) is 1.09. The summed E-state index contributed by atoms with van der Waals surface area (Å²) in [6.07, 6.45) is 3.45. The van der Waals surface area contributed by atoms with E-state index in [0.717, 1.165) is 28.7 Å². The minimum atomic E-state index is -0.0620. The number of carbonyl (C=O) groups is 1. The van der Waals surface area contributed by atoms with Gasteiger partial charge in [-0.3, -0.25) is 9.78 Å². The Morgan fingerprint density at radius 3 is 2.70 bits per heavy atom. The number of benzene rings is 1. The van der Waals surface area contributed by atoms with Crippen LogP contribution < -0.4 is 5.32 Å². The number of aromatic nitrogens is 4. The lowest BCUT2D eigenvalue weighted by atomic mass is 10.1. The van der Waals surface area contributed by atoms with Crippen LogP contribution in [0.4, 0.5) is 0 Å². The van der Waals surface area contributed by atoms with Crippen molar-refractivity contribution >= 4 is 17.7 Å². The molecule has 0 spiro atoms. The number of aryl methyl sites for hydroxylation is 1. The molecule has 0 fully saturated rings. The lowest BCUT2D eigenvalue weighted by Crippen LogP contribution is -2.28. The maximum absolute atomic E-state index is 12.3. The van der Waals surface area contributed by atoms with Crippen LogP contribution in [0.3, 0.4) is 0 Å². The summed E-state index contributed by atoms with van der Waals surface area (Å²) in [4.78, 5) is 16.3. The maximum Gasteiger partial charge on any atom is 0.230 e. The molecule has 0 aliphatic carbocycles. The van der Waals surface area contributed by atoms with E-state index in [1.807, 2.05) is 35.8 Å². The Kier molecular flexibility index (Phi) is 6.24. The van der Waals surface area contributed by atoms with Crippen LogP contribution in [0.5, 0.6) is 0 Å². The summed E-state index contributed by atoms with van der Waals surface area (Å²) < 4.78 is 2.04. The van der Waals surface area contributed by atoms with Crippen LogP contribution in [0.1, 0.15) is 31.0 Å². The van der Waals surface area contributed by atoms with Crippen molar-refractivity contribution in [1.29, 1.82) is 0 Å². The summed E-state index contributed by atoms with van der Waals surface area (Å²) in [6, 6.07) is 11.9. The van der Waals surface area contributed by atoms with Gasteiger partial charge in [0.25, 0.3) is 0 Å². The molecule has 1 aromatic carbocycles. The zero-order valence-electron chi connectivity index (χ0n) is 15.7. The van der Waals surface area contributed by atoms with Crippen molar-refractivity contribution in [3.8, 4) is 11.4 Å². The number of rotatable bonds is 7. The molecular formula is C20H23N5OS. The average molecular weight is 382 g/mol. The number of hydrogen-bond acceptors (Lipinski definition) is 5. The lowest BCUT2D eigenvalue weighted by Gasteiger charge is -2.14. The van der Waals surface area contributed by atoms with Crippen molar-refractivity contribution in [2.45, 2.75) is 38.5 Å². The minimum Gasteiger partial charge on any atom is -0.349 e. The molecule has 1 N–H and O–H groups in total. The Morgan fingerprint density at radius 2 is 2.00 bits per heavy atom. The number of nitrogens with one attached hydrogen (secondary N) is 1. The molecule has 0 radical (unpaired) electrons. The first-order valence-electron chi connectivity index (χ1n) is 8.90. The van der Waals surface area contributed by atoms with E-state index in [1.54, 1.807) is 12.4 Å². The van der Waals surface area contributed by atoms with Crippen LogP contribution in [0, 0.1) is 6.92 Å². The molecule has 1 atom stereocenters. The third-order valence-corrected chi connectivity index (χ3v) is 5.19. The largest absolute Gasteiger partial charge is 0.349 e. The topological polar surface area (TPSA) is 72.7 Å². The van der Waals surface area contributed by atoms with Crippen LogP contribution in [0.15, 0.2) is 53.9 Å². The number of amides is 1. The SMILES string of the molecule is CCn1c(SCC(=O)NC(C)c2ccncc2)nnc1-c1cccc(C)c1. The van der Waals surface area contributed by atoms with E-state index in [9.17, 15) is 4.79 Å². The number of hydrogen-bond donors (Lipinski definition) is 1. The summed E-state index contributed by atoms with van der Waals surface area (Å²) in [5.41, 5.74) is 3.24. The van der Waals surface area contributed by atoms with Crippen molar-refractivity contribution in [2.24, 2.45) is 0 Å². The van der Waals surface area contributed by atoms with E-state index < -0.39 is 0 Å². The third-order valence-electron chi connectivity index (χ3n) is 4.23. The molecule has 2 aromatic heterocycles. The molecule has 0 aliphatic rings. The highest BCUT2D eigenvalue weighted by atomic mass is 32.2. The minimum absolute atomic E-state index is 0.0351. The molecule has 7 heteroatoms. The molecule has 1 unspecified atom stereocenters. The number of thioether (sulfide) groups is 1. The molecule has 3 aromatic rings. The molecule has 0 aliphatic heterocycles. The van der Waals surface area contributed by atoms with Crippen LogP contribution >= 0.6 is 11.8 Å². The molecule has 3 rings (SSSR count). The quantitative estimate of drug-likeness (QED) is 0.633. The molecule has 0 bridgehead atoms.